The number of sulfone groups is 1. The monoisotopic (exact) mass is 388 g/mol. The third kappa shape index (κ3) is 5.47. The van der Waals surface area contributed by atoms with Crippen molar-refractivity contribution < 1.29 is 13.2 Å². The summed E-state index contributed by atoms with van der Waals surface area (Å²) in [4.78, 5) is 5.10. The Morgan fingerprint density at radius 2 is 1.70 bits per heavy atom. The average molecular weight is 389 g/mol. The molecule has 3 rings (SSSR count). The van der Waals surface area contributed by atoms with Gasteiger partial charge in [0.05, 0.1) is 4.90 Å². The second-order valence-corrected chi connectivity index (χ2v) is 8.96. The van der Waals surface area contributed by atoms with E-state index in [-0.39, 0.29) is 0 Å². The van der Waals surface area contributed by atoms with E-state index in [1.165, 1.54) is 17.5 Å². The van der Waals surface area contributed by atoms with Gasteiger partial charge in [-0.2, -0.15) is 0 Å². The molecule has 146 valence electrons. The highest BCUT2D eigenvalue weighted by atomic mass is 32.2. The predicted octanol–water partition coefficient (Wildman–Crippen LogP) is 2.85. The number of ether oxygens (including phenoxy) is 1. The summed E-state index contributed by atoms with van der Waals surface area (Å²) < 4.78 is 29.0. The van der Waals surface area contributed by atoms with E-state index in [0.717, 1.165) is 39.1 Å². The van der Waals surface area contributed by atoms with E-state index in [1.54, 1.807) is 24.3 Å². The largest absolute Gasteiger partial charge is 0.492 e. The molecular formula is C21H28N2O3S. The van der Waals surface area contributed by atoms with E-state index in [9.17, 15) is 8.42 Å². The van der Waals surface area contributed by atoms with Gasteiger partial charge >= 0.3 is 0 Å². The van der Waals surface area contributed by atoms with Gasteiger partial charge in [0.25, 0.3) is 0 Å². The van der Waals surface area contributed by atoms with Gasteiger partial charge in [-0.25, -0.2) is 8.42 Å². The second-order valence-electron chi connectivity index (χ2n) is 6.94. The van der Waals surface area contributed by atoms with Crippen LogP contribution in [0.15, 0.2) is 53.4 Å². The molecule has 0 unspecified atom stereocenters. The molecule has 0 bridgehead atoms. The maximum Gasteiger partial charge on any atom is 0.175 e. The first kappa shape index (κ1) is 19.7. The molecular weight excluding hydrogens is 360 g/mol. The van der Waals surface area contributed by atoms with Crippen LogP contribution in [-0.4, -0.2) is 58.9 Å². The Hall–Kier alpha value is -2.05. The van der Waals surface area contributed by atoms with Crippen LogP contribution in [0.4, 0.5) is 5.69 Å². The van der Waals surface area contributed by atoms with Crippen LogP contribution in [0.3, 0.4) is 0 Å². The van der Waals surface area contributed by atoms with Crippen molar-refractivity contribution in [3.63, 3.8) is 0 Å². The Morgan fingerprint density at radius 3 is 2.33 bits per heavy atom. The first-order chi connectivity index (χ1) is 13.0. The number of hydrogen-bond acceptors (Lipinski definition) is 5. The minimum Gasteiger partial charge on any atom is -0.492 e. The summed E-state index contributed by atoms with van der Waals surface area (Å²) >= 11 is 0. The van der Waals surface area contributed by atoms with Crippen molar-refractivity contribution >= 4 is 15.5 Å². The van der Waals surface area contributed by atoms with Crippen LogP contribution in [0.5, 0.6) is 5.75 Å². The molecule has 2 aromatic carbocycles. The van der Waals surface area contributed by atoms with Gasteiger partial charge in [-0.05, 0) is 42.3 Å². The molecule has 1 aliphatic rings. The van der Waals surface area contributed by atoms with E-state index in [1.807, 2.05) is 0 Å². The van der Waals surface area contributed by atoms with Crippen LogP contribution in [0.2, 0.25) is 0 Å². The minimum absolute atomic E-state index is 0.294. The quantitative estimate of drug-likeness (QED) is 0.730. The van der Waals surface area contributed by atoms with Crippen LogP contribution in [-0.2, 0) is 16.3 Å². The molecule has 0 atom stereocenters. The fourth-order valence-electron chi connectivity index (χ4n) is 3.26. The van der Waals surface area contributed by atoms with Crippen molar-refractivity contribution in [2.75, 3.05) is 50.5 Å². The van der Waals surface area contributed by atoms with E-state index in [0.29, 0.717) is 17.3 Å². The fraction of sp³-hybridized carbons (Fsp3) is 0.429. The predicted molar refractivity (Wildman–Crippen MR) is 110 cm³/mol. The summed E-state index contributed by atoms with van der Waals surface area (Å²) in [5.74, 6) is 0.604. The molecule has 27 heavy (non-hydrogen) atoms. The Labute approximate surface area is 162 Å². The molecule has 1 aliphatic heterocycles. The molecule has 2 aromatic rings. The lowest BCUT2D eigenvalue weighted by Gasteiger charge is -2.36. The smallest absolute Gasteiger partial charge is 0.175 e. The molecule has 0 radical (unpaired) electrons. The molecule has 0 spiro atoms. The molecule has 0 aliphatic carbocycles. The lowest BCUT2D eigenvalue weighted by Crippen LogP contribution is -2.47. The number of anilines is 1. The Balaban J connectivity index is 1.44. The number of hydrogen-bond donors (Lipinski definition) is 0. The molecule has 1 saturated heterocycles. The van der Waals surface area contributed by atoms with Crippen molar-refractivity contribution in [2.24, 2.45) is 0 Å². The SMILES string of the molecule is CCc1ccc(N2CCN(CCOc3cccc(S(C)(=O)=O)c3)CC2)cc1. The number of rotatable bonds is 7. The average Bonchev–Trinajstić information content (AvgIpc) is 2.68. The normalized spacial score (nSPS) is 15.7. The van der Waals surface area contributed by atoms with Crippen LogP contribution in [0, 0.1) is 0 Å². The minimum atomic E-state index is -3.20. The summed E-state index contributed by atoms with van der Waals surface area (Å²) in [5, 5.41) is 0. The third-order valence-corrected chi connectivity index (χ3v) is 6.10. The van der Waals surface area contributed by atoms with Gasteiger partial charge < -0.3 is 9.64 Å². The lowest BCUT2D eigenvalue weighted by molar-refractivity contribution is 0.200. The first-order valence-electron chi connectivity index (χ1n) is 9.45. The molecule has 1 heterocycles. The highest BCUT2D eigenvalue weighted by Gasteiger charge is 2.17. The van der Waals surface area contributed by atoms with E-state index >= 15 is 0 Å². The molecule has 0 N–H and O–H groups in total. The molecule has 0 saturated carbocycles. The number of benzene rings is 2. The Bertz CT molecular complexity index is 842. The van der Waals surface area contributed by atoms with Crippen molar-refractivity contribution in [1.29, 1.82) is 0 Å². The second kappa shape index (κ2) is 8.76. The van der Waals surface area contributed by atoms with E-state index in [4.69, 9.17) is 4.74 Å². The third-order valence-electron chi connectivity index (χ3n) is 4.99. The Kier molecular flexibility index (Phi) is 6.39. The number of nitrogens with zero attached hydrogens (tertiary/aromatic N) is 2. The zero-order valence-electron chi connectivity index (χ0n) is 16.1. The van der Waals surface area contributed by atoms with Crippen LogP contribution in [0.1, 0.15) is 12.5 Å². The lowest BCUT2D eigenvalue weighted by atomic mass is 10.1. The maximum absolute atomic E-state index is 11.6. The van der Waals surface area contributed by atoms with Gasteiger partial charge in [-0.1, -0.05) is 25.1 Å². The van der Waals surface area contributed by atoms with Crippen molar-refractivity contribution in [1.82, 2.24) is 4.90 Å². The first-order valence-corrected chi connectivity index (χ1v) is 11.3. The van der Waals surface area contributed by atoms with Crippen molar-refractivity contribution in [3.05, 3.63) is 54.1 Å². The molecule has 0 amide bonds. The molecule has 5 nitrogen and oxygen atoms in total. The van der Waals surface area contributed by atoms with E-state index in [2.05, 4.69) is 41.0 Å². The maximum atomic E-state index is 11.6. The van der Waals surface area contributed by atoms with Gasteiger partial charge in [0, 0.05) is 44.7 Å². The van der Waals surface area contributed by atoms with Gasteiger partial charge in [0.2, 0.25) is 0 Å². The molecule has 1 fully saturated rings. The summed E-state index contributed by atoms with van der Waals surface area (Å²) in [5.41, 5.74) is 2.66. The summed E-state index contributed by atoms with van der Waals surface area (Å²) in [6, 6.07) is 15.5. The van der Waals surface area contributed by atoms with Crippen LogP contribution < -0.4 is 9.64 Å². The van der Waals surface area contributed by atoms with Gasteiger partial charge in [0.15, 0.2) is 9.84 Å². The summed E-state index contributed by atoms with van der Waals surface area (Å²) in [6.45, 7) is 7.59. The van der Waals surface area contributed by atoms with E-state index < -0.39 is 9.84 Å². The van der Waals surface area contributed by atoms with Crippen LogP contribution >= 0.6 is 0 Å². The van der Waals surface area contributed by atoms with Gasteiger partial charge in [-0.15, -0.1) is 0 Å². The van der Waals surface area contributed by atoms with Crippen molar-refractivity contribution in [2.45, 2.75) is 18.2 Å². The molecule has 0 aromatic heterocycles. The summed E-state index contributed by atoms with van der Waals surface area (Å²) in [6.07, 6.45) is 2.28. The number of aryl methyl sites for hydroxylation is 1. The van der Waals surface area contributed by atoms with Gasteiger partial charge in [0.1, 0.15) is 12.4 Å². The summed E-state index contributed by atoms with van der Waals surface area (Å²) in [7, 11) is -3.20. The fourth-order valence-corrected chi connectivity index (χ4v) is 3.92. The Morgan fingerprint density at radius 1 is 1.00 bits per heavy atom. The topological polar surface area (TPSA) is 49.9 Å². The zero-order valence-corrected chi connectivity index (χ0v) is 16.9. The highest BCUT2D eigenvalue weighted by molar-refractivity contribution is 7.90. The molecule has 6 heteroatoms. The standard InChI is InChI=1S/C21H28N2O3S/c1-3-18-7-9-19(10-8-18)23-13-11-22(12-14-23)15-16-26-20-5-4-6-21(17-20)27(2,24)25/h4-10,17H,3,11-16H2,1-2H3. The zero-order chi connectivity index (χ0) is 19.3. The highest BCUT2D eigenvalue weighted by Crippen LogP contribution is 2.19. The number of piperazine rings is 1. The van der Waals surface area contributed by atoms with Gasteiger partial charge in [-0.3, -0.25) is 4.90 Å². The van der Waals surface area contributed by atoms with Crippen molar-refractivity contribution in [3.8, 4) is 5.75 Å². The van der Waals surface area contributed by atoms with Crippen LogP contribution in [0.25, 0.3) is 0 Å².